The third kappa shape index (κ3) is 6.52. The Bertz CT molecular complexity index is 804. The molecule has 2 unspecified atom stereocenters. The van der Waals surface area contributed by atoms with Gasteiger partial charge in [0.2, 0.25) is 0 Å². The summed E-state index contributed by atoms with van der Waals surface area (Å²) in [4.78, 5) is 25.7. The fourth-order valence-corrected chi connectivity index (χ4v) is 7.40. The Balaban J connectivity index is 1.37. The van der Waals surface area contributed by atoms with Crippen LogP contribution >= 0.6 is 0 Å². The summed E-state index contributed by atoms with van der Waals surface area (Å²) in [5.41, 5.74) is -1.03. The molecule has 0 radical (unpaired) electrons. The van der Waals surface area contributed by atoms with Gasteiger partial charge in [-0.2, -0.15) is 0 Å². The normalized spacial score (nSPS) is 40.2. The number of carbonyl (C=O) groups excluding carboxylic acids is 2. The molecule has 8 atom stereocenters. The SMILES string of the molecule is CC(C)[C@@H]1CC[C@@H](C)C[C@H]1OC(=O)/C=C/C12CCCCC1(/C=C/C(=O)O[C@@H]1C[C@H](C)CC[C@H]1C(C)C)O2. The zero-order valence-electron chi connectivity index (χ0n) is 24.0. The van der Waals surface area contributed by atoms with Crippen molar-refractivity contribution in [3.8, 4) is 0 Å². The van der Waals surface area contributed by atoms with Gasteiger partial charge in [0.1, 0.15) is 23.4 Å². The van der Waals surface area contributed by atoms with Crippen LogP contribution in [0.1, 0.15) is 106 Å². The zero-order valence-corrected chi connectivity index (χ0v) is 24.0. The van der Waals surface area contributed by atoms with E-state index >= 15 is 0 Å². The quantitative estimate of drug-likeness (QED) is 0.195. The topological polar surface area (TPSA) is 65.1 Å². The van der Waals surface area contributed by atoms with E-state index in [4.69, 9.17) is 14.2 Å². The van der Waals surface area contributed by atoms with Gasteiger partial charge in [0.25, 0.3) is 0 Å². The Hall–Kier alpha value is -1.62. The van der Waals surface area contributed by atoms with Crippen LogP contribution in [-0.4, -0.2) is 35.3 Å². The van der Waals surface area contributed by atoms with E-state index < -0.39 is 11.2 Å². The molecule has 0 bridgehead atoms. The van der Waals surface area contributed by atoms with Crippen molar-refractivity contribution in [1.82, 2.24) is 0 Å². The highest BCUT2D eigenvalue weighted by atomic mass is 16.6. The van der Waals surface area contributed by atoms with Gasteiger partial charge in [-0.05, 0) is 99.0 Å². The van der Waals surface area contributed by atoms with Crippen molar-refractivity contribution in [2.24, 2.45) is 35.5 Å². The summed E-state index contributed by atoms with van der Waals surface area (Å²) in [5.74, 6) is 2.48. The highest BCUT2D eigenvalue weighted by Crippen LogP contribution is 2.59. The smallest absolute Gasteiger partial charge is 0.330 e. The summed E-state index contributed by atoms with van der Waals surface area (Å²) in [6.45, 7) is 13.4. The van der Waals surface area contributed by atoms with Gasteiger partial charge >= 0.3 is 11.9 Å². The first kappa shape index (κ1) is 28.4. The maximum absolute atomic E-state index is 12.8. The van der Waals surface area contributed by atoms with E-state index in [0.717, 1.165) is 51.4 Å². The predicted molar refractivity (Wildman–Crippen MR) is 146 cm³/mol. The average molecular weight is 515 g/mol. The lowest BCUT2D eigenvalue weighted by Gasteiger charge is -2.36. The number of carbonyl (C=O) groups is 2. The van der Waals surface area contributed by atoms with Crippen LogP contribution in [0, 0.1) is 35.5 Å². The number of ether oxygens (including phenoxy) is 3. The Morgan fingerprint density at radius 2 is 1.14 bits per heavy atom. The number of esters is 2. The van der Waals surface area contributed by atoms with Gasteiger partial charge in [-0.1, -0.05) is 54.4 Å². The van der Waals surface area contributed by atoms with Gasteiger partial charge in [-0.15, -0.1) is 0 Å². The van der Waals surface area contributed by atoms with Crippen molar-refractivity contribution < 1.29 is 23.8 Å². The highest BCUT2D eigenvalue weighted by Gasteiger charge is 2.67. The standard InChI is InChI=1S/C32H50O5/c1-21(2)25-11-9-23(5)19-27(25)35-29(33)13-17-31-15-7-8-16-32(31,37-31)18-14-30(34)36-28-20-24(6)10-12-26(28)22(3)4/h13-14,17-18,21-28H,7-12,15-16,19-20H2,1-6H3/b17-13+,18-14+/t23-,24-,25+,26+,27-,28-,31?,32?/m1/s1. The van der Waals surface area contributed by atoms with Crippen LogP contribution in [0.25, 0.3) is 0 Å². The molecule has 1 aliphatic heterocycles. The van der Waals surface area contributed by atoms with Crippen LogP contribution in [0.5, 0.6) is 0 Å². The molecule has 5 nitrogen and oxygen atoms in total. The molecule has 0 amide bonds. The van der Waals surface area contributed by atoms with Gasteiger partial charge in [0, 0.05) is 12.2 Å². The van der Waals surface area contributed by atoms with Crippen molar-refractivity contribution in [3.63, 3.8) is 0 Å². The minimum atomic E-state index is -0.516. The molecule has 4 fully saturated rings. The second-order valence-electron chi connectivity index (χ2n) is 13.4. The van der Waals surface area contributed by atoms with Gasteiger partial charge in [-0.25, -0.2) is 9.59 Å². The number of rotatable bonds is 8. The van der Waals surface area contributed by atoms with Gasteiger partial charge in [0.15, 0.2) is 0 Å². The Morgan fingerprint density at radius 1 is 0.730 bits per heavy atom. The van der Waals surface area contributed by atoms with E-state index in [0.29, 0.717) is 35.5 Å². The first-order valence-corrected chi connectivity index (χ1v) is 15.0. The monoisotopic (exact) mass is 514 g/mol. The second-order valence-corrected chi connectivity index (χ2v) is 13.4. The summed E-state index contributed by atoms with van der Waals surface area (Å²) in [6, 6.07) is 0. The van der Waals surface area contributed by atoms with E-state index in [9.17, 15) is 9.59 Å². The van der Waals surface area contributed by atoms with Crippen LogP contribution in [0.15, 0.2) is 24.3 Å². The Morgan fingerprint density at radius 3 is 1.51 bits per heavy atom. The average Bonchev–Trinajstić information content (AvgIpc) is 3.51. The lowest BCUT2D eigenvalue weighted by atomic mass is 9.75. The van der Waals surface area contributed by atoms with Crippen molar-refractivity contribution >= 4 is 11.9 Å². The first-order valence-electron chi connectivity index (χ1n) is 15.0. The van der Waals surface area contributed by atoms with Crippen molar-refractivity contribution in [2.75, 3.05) is 0 Å². The van der Waals surface area contributed by atoms with E-state index in [1.165, 1.54) is 12.8 Å². The van der Waals surface area contributed by atoms with Crippen molar-refractivity contribution in [2.45, 2.75) is 129 Å². The molecule has 1 heterocycles. The molecule has 1 saturated heterocycles. The van der Waals surface area contributed by atoms with Crippen LogP contribution in [0.4, 0.5) is 0 Å². The minimum absolute atomic E-state index is 0.0125. The Labute approximate surface area is 224 Å². The molecule has 0 aromatic rings. The summed E-state index contributed by atoms with van der Waals surface area (Å²) >= 11 is 0. The number of hydrogen-bond acceptors (Lipinski definition) is 5. The van der Waals surface area contributed by atoms with Crippen LogP contribution < -0.4 is 0 Å². The number of epoxide rings is 1. The molecule has 208 valence electrons. The highest BCUT2D eigenvalue weighted by molar-refractivity contribution is 5.83. The van der Waals surface area contributed by atoms with E-state index in [-0.39, 0.29) is 24.1 Å². The third-order valence-corrected chi connectivity index (χ3v) is 9.82. The van der Waals surface area contributed by atoms with Gasteiger partial charge in [0.05, 0.1) is 0 Å². The van der Waals surface area contributed by atoms with Crippen LogP contribution in [-0.2, 0) is 23.8 Å². The molecule has 0 N–H and O–H groups in total. The van der Waals surface area contributed by atoms with E-state index in [1.54, 1.807) is 12.2 Å². The Kier molecular flexibility index (Phi) is 8.93. The van der Waals surface area contributed by atoms with Gasteiger partial charge < -0.3 is 14.2 Å². The summed E-state index contributed by atoms with van der Waals surface area (Å²) in [6.07, 6.45) is 17.3. The molecule has 0 aromatic heterocycles. The number of fused-ring (bicyclic) bond motifs is 1. The summed E-state index contributed by atoms with van der Waals surface area (Å²) in [5, 5.41) is 0. The number of hydrogen-bond donors (Lipinski definition) is 0. The summed E-state index contributed by atoms with van der Waals surface area (Å²) < 4.78 is 18.2. The molecule has 4 rings (SSSR count). The lowest BCUT2D eigenvalue weighted by molar-refractivity contribution is -0.150. The van der Waals surface area contributed by atoms with E-state index in [1.807, 2.05) is 12.2 Å². The zero-order chi connectivity index (χ0) is 26.8. The van der Waals surface area contributed by atoms with Crippen molar-refractivity contribution in [1.29, 1.82) is 0 Å². The predicted octanol–water partition coefficient (Wildman–Crippen LogP) is 7.19. The molecule has 0 spiro atoms. The largest absolute Gasteiger partial charge is 0.459 e. The molecule has 3 saturated carbocycles. The second kappa shape index (κ2) is 11.6. The summed E-state index contributed by atoms with van der Waals surface area (Å²) in [7, 11) is 0. The molecule has 0 aromatic carbocycles. The maximum Gasteiger partial charge on any atom is 0.330 e. The fraction of sp³-hybridized carbons (Fsp3) is 0.812. The molecular weight excluding hydrogens is 464 g/mol. The van der Waals surface area contributed by atoms with Crippen LogP contribution in [0.3, 0.4) is 0 Å². The lowest BCUT2D eigenvalue weighted by Crippen LogP contribution is -2.35. The molecule has 3 aliphatic carbocycles. The molecule has 4 aliphatic rings. The maximum atomic E-state index is 12.8. The van der Waals surface area contributed by atoms with E-state index in [2.05, 4.69) is 41.5 Å². The van der Waals surface area contributed by atoms with Gasteiger partial charge in [-0.3, -0.25) is 0 Å². The minimum Gasteiger partial charge on any atom is -0.459 e. The van der Waals surface area contributed by atoms with Crippen molar-refractivity contribution in [3.05, 3.63) is 24.3 Å². The molecule has 5 heteroatoms. The first-order chi connectivity index (χ1) is 17.5. The molecule has 37 heavy (non-hydrogen) atoms. The van der Waals surface area contributed by atoms with Crippen LogP contribution in [0.2, 0.25) is 0 Å². The third-order valence-electron chi connectivity index (χ3n) is 9.82. The fourth-order valence-electron chi connectivity index (χ4n) is 7.40. The molecular formula is C32H50O5.